The molecular formula is C13H20Cl2O4. The van der Waals surface area contributed by atoms with Crippen molar-refractivity contribution >= 4 is 35.1 Å². The SMILES string of the molecule is C/C=C/CCCOC(=O)CCCC(=O)OCC(Cl)Cl. The lowest BCUT2D eigenvalue weighted by atomic mass is 10.2. The molecule has 0 aromatic carbocycles. The van der Waals surface area contributed by atoms with Crippen LogP contribution in [-0.2, 0) is 19.1 Å². The van der Waals surface area contributed by atoms with Gasteiger partial charge in [-0.3, -0.25) is 9.59 Å². The predicted molar refractivity (Wildman–Crippen MR) is 75.3 cm³/mol. The molecule has 0 N–H and O–H groups in total. The zero-order chi connectivity index (χ0) is 14.5. The Morgan fingerprint density at radius 3 is 2.32 bits per heavy atom. The number of carbonyl (C=O) groups excluding carboxylic acids is 2. The second-order valence-corrected chi connectivity index (χ2v) is 5.14. The molecule has 0 saturated heterocycles. The molecule has 0 radical (unpaired) electrons. The van der Waals surface area contributed by atoms with Gasteiger partial charge in [0.2, 0.25) is 0 Å². The fourth-order valence-corrected chi connectivity index (χ4v) is 1.36. The van der Waals surface area contributed by atoms with Crippen LogP contribution in [0.4, 0.5) is 0 Å². The Bertz CT molecular complexity index is 290. The second kappa shape index (κ2) is 12.3. The van der Waals surface area contributed by atoms with Crippen LogP contribution >= 0.6 is 23.2 Å². The maximum absolute atomic E-state index is 11.3. The van der Waals surface area contributed by atoms with Crippen LogP contribution in [0.2, 0.25) is 0 Å². The summed E-state index contributed by atoms with van der Waals surface area (Å²) in [6.07, 6.45) is 6.46. The Kier molecular flexibility index (Phi) is 11.8. The standard InChI is InChI=1S/C13H20Cl2O4/c1-2-3-4-5-9-18-12(16)7-6-8-13(17)19-10-11(14)15/h2-3,11H,4-10H2,1H3/b3-2+. The van der Waals surface area contributed by atoms with E-state index in [-0.39, 0.29) is 25.4 Å². The summed E-state index contributed by atoms with van der Waals surface area (Å²) < 4.78 is 9.75. The molecule has 0 unspecified atom stereocenters. The van der Waals surface area contributed by atoms with Gasteiger partial charge in [0.15, 0.2) is 0 Å². The Morgan fingerprint density at radius 2 is 1.74 bits per heavy atom. The molecule has 0 saturated carbocycles. The van der Waals surface area contributed by atoms with Crippen LogP contribution in [-0.4, -0.2) is 30.0 Å². The Labute approximate surface area is 124 Å². The molecule has 110 valence electrons. The molecule has 0 atom stereocenters. The monoisotopic (exact) mass is 310 g/mol. The van der Waals surface area contributed by atoms with E-state index in [4.69, 9.17) is 32.7 Å². The van der Waals surface area contributed by atoms with E-state index in [1.807, 2.05) is 19.1 Å². The largest absolute Gasteiger partial charge is 0.466 e. The van der Waals surface area contributed by atoms with Crippen LogP contribution in [0.25, 0.3) is 0 Å². The number of allylic oxidation sites excluding steroid dienone is 2. The first-order valence-corrected chi connectivity index (χ1v) is 7.14. The van der Waals surface area contributed by atoms with Gasteiger partial charge in [-0.1, -0.05) is 12.2 Å². The highest BCUT2D eigenvalue weighted by molar-refractivity contribution is 6.44. The van der Waals surface area contributed by atoms with Crippen LogP contribution < -0.4 is 0 Å². The lowest BCUT2D eigenvalue weighted by Crippen LogP contribution is -2.11. The quantitative estimate of drug-likeness (QED) is 0.268. The lowest BCUT2D eigenvalue weighted by Gasteiger charge is -2.05. The molecule has 19 heavy (non-hydrogen) atoms. The zero-order valence-electron chi connectivity index (χ0n) is 11.1. The van der Waals surface area contributed by atoms with Crippen LogP contribution in [0.1, 0.15) is 39.0 Å². The van der Waals surface area contributed by atoms with Crippen molar-refractivity contribution in [2.24, 2.45) is 0 Å². The van der Waals surface area contributed by atoms with Gasteiger partial charge in [0, 0.05) is 12.8 Å². The van der Waals surface area contributed by atoms with Crippen LogP contribution in [0, 0.1) is 0 Å². The van der Waals surface area contributed by atoms with Crippen molar-refractivity contribution in [3.63, 3.8) is 0 Å². The van der Waals surface area contributed by atoms with Crippen LogP contribution in [0.15, 0.2) is 12.2 Å². The van der Waals surface area contributed by atoms with Crippen LogP contribution in [0.5, 0.6) is 0 Å². The predicted octanol–water partition coefficient (Wildman–Crippen LogP) is 3.40. The molecular weight excluding hydrogens is 291 g/mol. The van der Waals surface area contributed by atoms with Gasteiger partial charge in [-0.05, 0) is 26.2 Å². The van der Waals surface area contributed by atoms with Gasteiger partial charge in [0.05, 0.1) is 6.61 Å². The summed E-state index contributed by atoms with van der Waals surface area (Å²) >= 11 is 10.8. The van der Waals surface area contributed by atoms with Gasteiger partial charge in [0.1, 0.15) is 11.4 Å². The van der Waals surface area contributed by atoms with Gasteiger partial charge in [-0.15, -0.1) is 23.2 Å². The van der Waals surface area contributed by atoms with Gasteiger partial charge < -0.3 is 9.47 Å². The van der Waals surface area contributed by atoms with Crippen molar-refractivity contribution in [1.82, 2.24) is 0 Å². The molecule has 0 heterocycles. The highest BCUT2D eigenvalue weighted by Crippen LogP contribution is 2.05. The molecule has 0 amide bonds. The van der Waals surface area contributed by atoms with Crippen LogP contribution in [0.3, 0.4) is 0 Å². The minimum Gasteiger partial charge on any atom is -0.466 e. The summed E-state index contributed by atoms with van der Waals surface area (Å²) in [5.41, 5.74) is 0. The summed E-state index contributed by atoms with van der Waals surface area (Å²) in [5, 5.41) is 0. The van der Waals surface area contributed by atoms with E-state index in [1.54, 1.807) is 0 Å². The number of alkyl halides is 2. The highest BCUT2D eigenvalue weighted by Gasteiger charge is 2.08. The number of esters is 2. The van der Waals surface area contributed by atoms with Gasteiger partial charge >= 0.3 is 11.9 Å². The van der Waals surface area contributed by atoms with Crippen molar-refractivity contribution in [3.8, 4) is 0 Å². The molecule has 0 rings (SSSR count). The van der Waals surface area contributed by atoms with Crippen molar-refractivity contribution in [2.45, 2.75) is 43.9 Å². The molecule has 6 heteroatoms. The van der Waals surface area contributed by atoms with Crippen molar-refractivity contribution in [3.05, 3.63) is 12.2 Å². The molecule has 0 aliphatic carbocycles. The summed E-state index contributed by atoms with van der Waals surface area (Å²) in [5.74, 6) is -0.701. The maximum Gasteiger partial charge on any atom is 0.305 e. The molecule has 4 nitrogen and oxygen atoms in total. The molecule has 0 fully saturated rings. The van der Waals surface area contributed by atoms with E-state index in [0.717, 1.165) is 12.8 Å². The van der Waals surface area contributed by atoms with E-state index in [0.29, 0.717) is 13.0 Å². The number of unbranched alkanes of at least 4 members (excludes halogenated alkanes) is 1. The topological polar surface area (TPSA) is 52.6 Å². The first-order valence-electron chi connectivity index (χ1n) is 6.26. The van der Waals surface area contributed by atoms with E-state index >= 15 is 0 Å². The molecule has 0 aromatic heterocycles. The van der Waals surface area contributed by atoms with E-state index in [9.17, 15) is 9.59 Å². The number of hydrogen-bond acceptors (Lipinski definition) is 4. The lowest BCUT2D eigenvalue weighted by molar-refractivity contribution is -0.145. The van der Waals surface area contributed by atoms with E-state index in [2.05, 4.69) is 0 Å². The number of carbonyl (C=O) groups is 2. The fraction of sp³-hybridized carbons (Fsp3) is 0.692. The number of ether oxygens (including phenoxy) is 2. The fourth-order valence-electron chi connectivity index (χ4n) is 1.23. The van der Waals surface area contributed by atoms with Gasteiger partial charge in [0.25, 0.3) is 0 Å². The number of halogens is 2. The Morgan fingerprint density at radius 1 is 1.11 bits per heavy atom. The average molecular weight is 311 g/mol. The summed E-state index contributed by atoms with van der Waals surface area (Å²) in [7, 11) is 0. The van der Waals surface area contributed by atoms with E-state index in [1.165, 1.54) is 0 Å². The number of rotatable bonds is 10. The minimum absolute atomic E-state index is 0.0304. The molecule has 0 aliphatic heterocycles. The average Bonchev–Trinajstić information content (AvgIpc) is 2.36. The third kappa shape index (κ3) is 13.5. The van der Waals surface area contributed by atoms with E-state index < -0.39 is 10.8 Å². The summed E-state index contributed by atoms with van der Waals surface area (Å²) in [6, 6.07) is 0. The third-order valence-electron chi connectivity index (χ3n) is 2.15. The maximum atomic E-state index is 11.3. The summed E-state index contributed by atoms with van der Waals surface area (Å²) in [6.45, 7) is 2.33. The Balaban J connectivity index is 3.44. The van der Waals surface area contributed by atoms with Gasteiger partial charge in [-0.2, -0.15) is 0 Å². The van der Waals surface area contributed by atoms with Crippen molar-refractivity contribution < 1.29 is 19.1 Å². The second-order valence-electron chi connectivity index (χ2n) is 3.86. The smallest absolute Gasteiger partial charge is 0.305 e. The first kappa shape index (κ1) is 18.3. The first-order chi connectivity index (χ1) is 9.06. The minimum atomic E-state index is -0.717. The zero-order valence-corrected chi connectivity index (χ0v) is 12.6. The van der Waals surface area contributed by atoms with Gasteiger partial charge in [-0.25, -0.2) is 0 Å². The third-order valence-corrected chi connectivity index (χ3v) is 2.40. The highest BCUT2D eigenvalue weighted by atomic mass is 35.5. The number of hydrogen-bond donors (Lipinski definition) is 0. The molecule has 0 aliphatic rings. The van der Waals surface area contributed by atoms with Crippen molar-refractivity contribution in [1.29, 1.82) is 0 Å². The molecule has 0 aromatic rings. The Hall–Kier alpha value is -0.740. The summed E-state index contributed by atoms with van der Waals surface area (Å²) in [4.78, 5) is 21.7. The molecule has 0 bridgehead atoms. The molecule has 0 spiro atoms. The normalized spacial score (nSPS) is 10.9. The van der Waals surface area contributed by atoms with Crippen molar-refractivity contribution in [2.75, 3.05) is 13.2 Å².